The van der Waals surface area contributed by atoms with Crippen LogP contribution >= 0.6 is 0 Å². The van der Waals surface area contributed by atoms with Crippen LogP contribution in [0.2, 0.25) is 0 Å². The third-order valence-corrected chi connectivity index (χ3v) is 3.37. The van der Waals surface area contributed by atoms with E-state index in [0.29, 0.717) is 17.9 Å². The first kappa shape index (κ1) is 14.4. The molecule has 0 aliphatic heterocycles. The van der Waals surface area contributed by atoms with Crippen LogP contribution in [0.3, 0.4) is 0 Å². The number of carbonyl (C=O) groups is 1. The Bertz CT molecular complexity index is 593. The summed E-state index contributed by atoms with van der Waals surface area (Å²) in [4.78, 5) is 12.0. The van der Waals surface area contributed by atoms with Crippen molar-refractivity contribution < 1.29 is 9.53 Å². The maximum Gasteiger partial charge on any atom is 0.340 e. The van der Waals surface area contributed by atoms with Gasteiger partial charge in [0.25, 0.3) is 0 Å². The smallest absolute Gasteiger partial charge is 0.340 e. The molecule has 0 amide bonds. The number of hydrogen-bond acceptors (Lipinski definition) is 3. The van der Waals surface area contributed by atoms with Crippen molar-refractivity contribution >= 4 is 22.4 Å². The molecule has 2 aromatic rings. The largest absolute Gasteiger partial charge is 0.462 e. The second-order valence-electron chi connectivity index (χ2n) is 4.98. The summed E-state index contributed by atoms with van der Waals surface area (Å²) < 4.78 is 5.29. The van der Waals surface area contributed by atoms with Crippen LogP contribution in [0.25, 0.3) is 10.8 Å². The van der Waals surface area contributed by atoms with E-state index in [4.69, 9.17) is 10.5 Å². The van der Waals surface area contributed by atoms with Gasteiger partial charge in [-0.1, -0.05) is 50.5 Å². The average molecular weight is 271 g/mol. The van der Waals surface area contributed by atoms with Gasteiger partial charge in [0.15, 0.2) is 0 Å². The van der Waals surface area contributed by atoms with Gasteiger partial charge in [0.05, 0.1) is 12.2 Å². The zero-order valence-corrected chi connectivity index (χ0v) is 11.9. The number of nitrogen functional groups attached to an aromatic ring is 1. The van der Waals surface area contributed by atoms with Gasteiger partial charge >= 0.3 is 5.97 Å². The second kappa shape index (κ2) is 6.94. The Labute approximate surface area is 119 Å². The molecule has 0 saturated heterocycles. The van der Waals surface area contributed by atoms with E-state index in [9.17, 15) is 4.79 Å². The molecule has 2 N–H and O–H groups in total. The predicted octanol–water partition coefficient (Wildman–Crippen LogP) is 4.16. The van der Waals surface area contributed by atoms with E-state index in [1.807, 2.05) is 30.3 Å². The first-order valence-electron chi connectivity index (χ1n) is 7.17. The maximum absolute atomic E-state index is 12.0. The lowest BCUT2D eigenvalue weighted by Crippen LogP contribution is -2.09. The van der Waals surface area contributed by atoms with Crippen LogP contribution in [0.15, 0.2) is 36.4 Å². The van der Waals surface area contributed by atoms with Crippen LogP contribution in [0, 0.1) is 0 Å². The molecule has 2 aromatic carbocycles. The van der Waals surface area contributed by atoms with E-state index < -0.39 is 0 Å². The summed E-state index contributed by atoms with van der Waals surface area (Å²) in [6.07, 6.45) is 4.35. The fraction of sp³-hybridized carbons (Fsp3) is 0.353. The van der Waals surface area contributed by atoms with Gasteiger partial charge in [0.2, 0.25) is 0 Å². The van der Waals surface area contributed by atoms with Crippen molar-refractivity contribution in [3.05, 3.63) is 42.0 Å². The molecule has 0 spiro atoms. The Morgan fingerprint density at radius 3 is 2.50 bits per heavy atom. The molecule has 0 radical (unpaired) electrons. The minimum atomic E-state index is -0.329. The minimum absolute atomic E-state index is 0.329. The van der Waals surface area contributed by atoms with E-state index >= 15 is 0 Å². The summed E-state index contributed by atoms with van der Waals surface area (Å²) in [6, 6.07) is 11.5. The Morgan fingerprint density at radius 1 is 1.10 bits per heavy atom. The standard InChI is InChI=1S/C17H21NO2/c1-2-3-4-7-10-20-17(19)15-11-13-8-5-6-9-14(13)12-16(15)18/h5-6,8-9,11-12H,2-4,7,10,18H2,1H3. The number of rotatable bonds is 6. The van der Waals surface area contributed by atoms with E-state index in [1.54, 1.807) is 6.07 Å². The molecule has 0 aliphatic carbocycles. The maximum atomic E-state index is 12.0. The molecule has 20 heavy (non-hydrogen) atoms. The van der Waals surface area contributed by atoms with E-state index in [0.717, 1.165) is 23.6 Å². The van der Waals surface area contributed by atoms with E-state index in [1.165, 1.54) is 12.8 Å². The lowest BCUT2D eigenvalue weighted by molar-refractivity contribution is 0.0499. The van der Waals surface area contributed by atoms with Crippen molar-refractivity contribution in [1.29, 1.82) is 0 Å². The summed E-state index contributed by atoms with van der Waals surface area (Å²) >= 11 is 0. The Hall–Kier alpha value is -2.03. The van der Waals surface area contributed by atoms with Crippen LogP contribution in [0.4, 0.5) is 5.69 Å². The SMILES string of the molecule is CCCCCCOC(=O)c1cc2ccccc2cc1N. The van der Waals surface area contributed by atoms with Gasteiger partial charge in [0, 0.05) is 5.69 Å². The molecule has 0 atom stereocenters. The van der Waals surface area contributed by atoms with Gasteiger partial charge in [-0.15, -0.1) is 0 Å². The highest BCUT2D eigenvalue weighted by atomic mass is 16.5. The molecule has 3 nitrogen and oxygen atoms in total. The quantitative estimate of drug-likeness (QED) is 0.487. The van der Waals surface area contributed by atoms with Gasteiger partial charge in [-0.2, -0.15) is 0 Å². The average Bonchev–Trinajstić information content (AvgIpc) is 2.46. The monoisotopic (exact) mass is 271 g/mol. The molecular formula is C17H21NO2. The van der Waals surface area contributed by atoms with Crippen molar-refractivity contribution in [3.63, 3.8) is 0 Å². The molecular weight excluding hydrogens is 250 g/mol. The molecule has 106 valence electrons. The second-order valence-corrected chi connectivity index (χ2v) is 4.98. The molecule has 0 aliphatic rings. The third-order valence-electron chi connectivity index (χ3n) is 3.37. The molecule has 3 heteroatoms. The van der Waals surface area contributed by atoms with Gasteiger partial charge in [-0.05, 0) is 29.3 Å². The molecule has 0 unspecified atom stereocenters. The lowest BCUT2D eigenvalue weighted by Gasteiger charge is -2.08. The van der Waals surface area contributed by atoms with Crippen LogP contribution in [0.1, 0.15) is 43.0 Å². The van der Waals surface area contributed by atoms with Crippen LogP contribution < -0.4 is 5.73 Å². The summed E-state index contributed by atoms with van der Waals surface area (Å²) in [5.41, 5.74) is 6.87. The summed E-state index contributed by atoms with van der Waals surface area (Å²) in [6.45, 7) is 2.62. The molecule has 0 fully saturated rings. The highest BCUT2D eigenvalue weighted by molar-refractivity contribution is 6.01. The summed E-state index contributed by atoms with van der Waals surface area (Å²) in [5, 5.41) is 2.03. The number of unbranched alkanes of at least 4 members (excludes halogenated alkanes) is 3. The van der Waals surface area contributed by atoms with Crippen molar-refractivity contribution in [1.82, 2.24) is 0 Å². The Kier molecular flexibility index (Phi) is 4.99. The van der Waals surface area contributed by atoms with Crippen LogP contribution in [-0.2, 0) is 4.74 Å². The molecule has 0 bridgehead atoms. The Morgan fingerprint density at radius 2 is 1.80 bits per heavy atom. The number of nitrogens with two attached hydrogens (primary N) is 1. The van der Waals surface area contributed by atoms with E-state index in [2.05, 4.69) is 6.92 Å². The van der Waals surface area contributed by atoms with Crippen molar-refractivity contribution in [3.8, 4) is 0 Å². The number of anilines is 1. The van der Waals surface area contributed by atoms with E-state index in [-0.39, 0.29) is 5.97 Å². The van der Waals surface area contributed by atoms with Gasteiger partial charge in [0.1, 0.15) is 0 Å². The van der Waals surface area contributed by atoms with Gasteiger partial charge in [-0.3, -0.25) is 0 Å². The first-order valence-corrected chi connectivity index (χ1v) is 7.17. The molecule has 2 rings (SSSR count). The van der Waals surface area contributed by atoms with Gasteiger partial charge < -0.3 is 10.5 Å². The highest BCUT2D eigenvalue weighted by Crippen LogP contribution is 2.22. The van der Waals surface area contributed by atoms with Gasteiger partial charge in [-0.25, -0.2) is 4.79 Å². The number of benzene rings is 2. The summed E-state index contributed by atoms with van der Waals surface area (Å²) in [7, 11) is 0. The zero-order chi connectivity index (χ0) is 14.4. The predicted molar refractivity (Wildman–Crippen MR) is 82.8 cm³/mol. The lowest BCUT2D eigenvalue weighted by atomic mass is 10.1. The van der Waals surface area contributed by atoms with Crippen molar-refractivity contribution in [2.75, 3.05) is 12.3 Å². The normalized spacial score (nSPS) is 10.7. The number of ether oxygens (including phenoxy) is 1. The van der Waals surface area contributed by atoms with Crippen LogP contribution in [-0.4, -0.2) is 12.6 Å². The number of esters is 1. The number of carbonyl (C=O) groups excluding carboxylic acids is 1. The number of fused-ring (bicyclic) bond motifs is 1. The van der Waals surface area contributed by atoms with Crippen molar-refractivity contribution in [2.45, 2.75) is 32.6 Å². The fourth-order valence-electron chi connectivity index (χ4n) is 2.21. The topological polar surface area (TPSA) is 52.3 Å². The highest BCUT2D eigenvalue weighted by Gasteiger charge is 2.12. The Balaban J connectivity index is 2.04. The molecule has 0 heterocycles. The number of hydrogen-bond donors (Lipinski definition) is 1. The summed E-state index contributed by atoms with van der Waals surface area (Å²) in [5.74, 6) is -0.329. The minimum Gasteiger partial charge on any atom is -0.462 e. The molecule has 0 aromatic heterocycles. The zero-order valence-electron chi connectivity index (χ0n) is 11.9. The van der Waals surface area contributed by atoms with Crippen LogP contribution in [0.5, 0.6) is 0 Å². The molecule has 0 saturated carbocycles. The third kappa shape index (κ3) is 3.50. The first-order chi connectivity index (χ1) is 9.72. The fourth-order valence-corrected chi connectivity index (χ4v) is 2.21. The van der Waals surface area contributed by atoms with Crippen molar-refractivity contribution in [2.24, 2.45) is 0 Å².